The second kappa shape index (κ2) is 7.64. The van der Waals surface area contributed by atoms with Gasteiger partial charge in [0.15, 0.2) is 0 Å². The molecule has 0 aromatic heterocycles. The zero-order valence-corrected chi connectivity index (χ0v) is 13.6. The Morgan fingerprint density at radius 2 is 1.55 bits per heavy atom. The Balaban J connectivity index is 1.82. The Labute approximate surface area is 132 Å². The fraction of sp³-hybridized carbons (Fsp3) is 0.316. The van der Waals surface area contributed by atoms with Crippen LogP contribution in [0.2, 0.25) is 0 Å². The van der Waals surface area contributed by atoms with Gasteiger partial charge in [-0.25, -0.2) is 4.79 Å². The van der Waals surface area contributed by atoms with E-state index in [1.807, 2.05) is 32.0 Å². The van der Waals surface area contributed by atoms with Gasteiger partial charge in [-0.05, 0) is 48.9 Å². The Bertz CT molecular complexity index is 612. The van der Waals surface area contributed by atoms with Gasteiger partial charge < -0.3 is 10.6 Å². The van der Waals surface area contributed by atoms with Crippen LogP contribution >= 0.6 is 0 Å². The van der Waals surface area contributed by atoms with Crippen molar-refractivity contribution < 1.29 is 4.79 Å². The summed E-state index contributed by atoms with van der Waals surface area (Å²) in [5.41, 5.74) is 5.62. The molecule has 3 nitrogen and oxygen atoms in total. The van der Waals surface area contributed by atoms with Crippen molar-refractivity contribution in [3.63, 3.8) is 0 Å². The maximum Gasteiger partial charge on any atom is 0.319 e. The summed E-state index contributed by atoms with van der Waals surface area (Å²) in [6.07, 6.45) is 1.89. The molecule has 0 aliphatic rings. The van der Waals surface area contributed by atoms with Gasteiger partial charge in [0.1, 0.15) is 0 Å². The lowest BCUT2D eigenvalue weighted by Gasteiger charge is -2.12. The van der Waals surface area contributed by atoms with Gasteiger partial charge in [-0.2, -0.15) is 0 Å². The fourth-order valence-electron chi connectivity index (χ4n) is 2.43. The summed E-state index contributed by atoms with van der Waals surface area (Å²) in [7, 11) is 0. The van der Waals surface area contributed by atoms with E-state index in [0.717, 1.165) is 29.7 Å². The molecule has 2 rings (SSSR count). The number of hydrogen-bond donors (Lipinski definition) is 2. The van der Waals surface area contributed by atoms with Crippen molar-refractivity contribution in [1.82, 2.24) is 5.32 Å². The monoisotopic (exact) mass is 296 g/mol. The smallest absolute Gasteiger partial charge is 0.319 e. The molecule has 2 N–H and O–H groups in total. The summed E-state index contributed by atoms with van der Waals surface area (Å²) in [4.78, 5) is 12.0. The minimum atomic E-state index is -0.150. The highest BCUT2D eigenvalue weighted by atomic mass is 16.2. The molecular weight excluding hydrogens is 272 g/mol. The molecule has 0 bridgehead atoms. The molecule has 0 saturated carbocycles. The molecule has 0 aliphatic heterocycles. The van der Waals surface area contributed by atoms with Crippen LogP contribution in [0.1, 0.15) is 29.2 Å². The van der Waals surface area contributed by atoms with Crippen molar-refractivity contribution in [3.05, 3.63) is 64.7 Å². The zero-order valence-electron chi connectivity index (χ0n) is 13.6. The summed E-state index contributed by atoms with van der Waals surface area (Å²) in [6, 6.07) is 14.4. The number of para-hydroxylation sites is 1. The molecular formula is C19H24N2O. The summed E-state index contributed by atoms with van der Waals surface area (Å²) >= 11 is 0. The number of aryl methyl sites for hydroxylation is 3. The lowest BCUT2D eigenvalue weighted by Crippen LogP contribution is -2.31. The largest absolute Gasteiger partial charge is 0.338 e. The average molecular weight is 296 g/mol. The predicted molar refractivity (Wildman–Crippen MR) is 92.5 cm³/mol. The van der Waals surface area contributed by atoms with Crippen molar-refractivity contribution in [2.45, 2.75) is 33.6 Å². The van der Waals surface area contributed by atoms with Crippen LogP contribution in [0.3, 0.4) is 0 Å². The number of nitrogens with one attached hydrogen (secondary N) is 2. The van der Waals surface area contributed by atoms with Gasteiger partial charge in [0.05, 0.1) is 0 Å². The van der Waals surface area contributed by atoms with E-state index in [4.69, 9.17) is 0 Å². The number of amides is 2. The predicted octanol–water partition coefficient (Wildman–Crippen LogP) is 4.23. The number of carbonyl (C=O) groups excluding carboxylic acids is 1. The number of anilines is 1. The molecule has 3 heteroatoms. The summed E-state index contributed by atoms with van der Waals surface area (Å²) in [6.45, 7) is 6.77. The molecule has 0 fully saturated rings. The van der Waals surface area contributed by atoms with Crippen LogP contribution in [0.25, 0.3) is 0 Å². The quantitative estimate of drug-likeness (QED) is 0.851. The van der Waals surface area contributed by atoms with Gasteiger partial charge in [0.2, 0.25) is 0 Å². The van der Waals surface area contributed by atoms with Crippen LogP contribution in [0.15, 0.2) is 42.5 Å². The van der Waals surface area contributed by atoms with Crippen LogP contribution in [-0.4, -0.2) is 12.6 Å². The Morgan fingerprint density at radius 1 is 0.955 bits per heavy atom. The van der Waals surface area contributed by atoms with E-state index >= 15 is 0 Å². The molecule has 0 radical (unpaired) electrons. The molecule has 0 atom stereocenters. The molecule has 0 unspecified atom stereocenters. The molecule has 0 heterocycles. The minimum Gasteiger partial charge on any atom is -0.338 e. The third-order valence-electron chi connectivity index (χ3n) is 3.85. The molecule has 0 spiro atoms. The van der Waals surface area contributed by atoms with Crippen molar-refractivity contribution in [2.24, 2.45) is 0 Å². The highest BCUT2D eigenvalue weighted by molar-refractivity contribution is 5.90. The molecule has 2 amide bonds. The van der Waals surface area contributed by atoms with Crippen molar-refractivity contribution in [3.8, 4) is 0 Å². The van der Waals surface area contributed by atoms with E-state index in [-0.39, 0.29) is 6.03 Å². The lowest BCUT2D eigenvalue weighted by atomic mass is 10.1. The van der Waals surface area contributed by atoms with E-state index in [9.17, 15) is 4.79 Å². The first-order valence-corrected chi connectivity index (χ1v) is 7.79. The SMILES string of the molecule is CCc1ccc(CCNC(=O)Nc2c(C)cccc2C)cc1. The van der Waals surface area contributed by atoms with Gasteiger partial charge in [-0.1, -0.05) is 49.4 Å². The standard InChI is InChI=1S/C19H24N2O/c1-4-16-8-10-17(11-9-16)12-13-20-19(22)21-18-14(2)6-5-7-15(18)3/h5-11H,4,12-13H2,1-3H3,(H2,20,21,22). The van der Waals surface area contributed by atoms with E-state index in [2.05, 4.69) is 41.8 Å². The van der Waals surface area contributed by atoms with Gasteiger partial charge in [0, 0.05) is 12.2 Å². The van der Waals surface area contributed by atoms with E-state index in [0.29, 0.717) is 6.54 Å². The first kappa shape index (κ1) is 16.1. The number of carbonyl (C=O) groups is 1. The second-order valence-electron chi connectivity index (χ2n) is 5.57. The first-order chi connectivity index (χ1) is 10.6. The number of urea groups is 1. The van der Waals surface area contributed by atoms with Gasteiger partial charge in [-0.3, -0.25) is 0 Å². The summed E-state index contributed by atoms with van der Waals surface area (Å²) < 4.78 is 0. The maximum absolute atomic E-state index is 12.0. The highest BCUT2D eigenvalue weighted by Gasteiger charge is 2.06. The van der Waals surface area contributed by atoms with Gasteiger partial charge in [0.25, 0.3) is 0 Å². The normalized spacial score (nSPS) is 10.3. The van der Waals surface area contributed by atoms with Crippen molar-refractivity contribution in [1.29, 1.82) is 0 Å². The topological polar surface area (TPSA) is 41.1 Å². The Hall–Kier alpha value is -2.29. The summed E-state index contributed by atoms with van der Waals surface area (Å²) in [5.74, 6) is 0. The maximum atomic E-state index is 12.0. The third-order valence-corrected chi connectivity index (χ3v) is 3.85. The summed E-state index contributed by atoms with van der Waals surface area (Å²) in [5, 5.41) is 5.85. The number of hydrogen-bond acceptors (Lipinski definition) is 1. The molecule has 2 aromatic carbocycles. The first-order valence-electron chi connectivity index (χ1n) is 7.79. The van der Waals surface area contributed by atoms with Crippen LogP contribution < -0.4 is 10.6 Å². The lowest BCUT2D eigenvalue weighted by molar-refractivity contribution is 0.252. The molecule has 0 saturated heterocycles. The van der Waals surface area contributed by atoms with Crippen LogP contribution in [0.5, 0.6) is 0 Å². The van der Waals surface area contributed by atoms with E-state index < -0.39 is 0 Å². The zero-order chi connectivity index (χ0) is 15.9. The average Bonchev–Trinajstić information content (AvgIpc) is 2.52. The van der Waals surface area contributed by atoms with Crippen molar-refractivity contribution in [2.75, 3.05) is 11.9 Å². The molecule has 116 valence electrons. The van der Waals surface area contributed by atoms with Crippen LogP contribution in [0, 0.1) is 13.8 Å². The van der Waals surface area contributed by atoms with E-state index in [1.165, 1.54) is 11.1 Å². The molecule has 2 aromatic rings. The number of benzene rings is 2. The highest BCUT2D eigenvalue weighted by Crippen LogP contribution is 2.19. The van der Waals surface area contributed by atoms with Gasteiger partial charge in [-0.15, -0.1) is 0 Å². The number of rotatable bonds is 5. The Kier molecular flexibility index (Phi) is 5.59. The van der Waals surface area contributed by atoms with Crippen LogP contribution in [-0.2, 0) is 12.8 Å². The Morgan fingerprint density at radius 3 is 2.14 bits per heavy atom. The van der Waals surface area contributed by atoms with E-state index in [1.54, 1.807) is 0 Å². The fourth-order valence-corrected chi connectivity index (χ4v) is 2.43. The minimum absolute atomic E-state index is 0.150. The molecule has 0 aliphatic carbocycles. The van der Waals surface area contributed by atoms with Crippen LogP contribution in [0.4, 0.5) is 10.5 Å². The van der Waals surface area contributed by atoms with Gasteiger partial charge >= 0.3 is 6.03 Å². The van der Waals surface area contributed by atoms with Crippen molar-refractivity contribution >= 4 is 11.7 Å². The molecule has 22 heavy (non-hydrogen) atoms. The second-order valence-corrected chi connectivity index (χ2v) is 5.57. The third kappa shape index (κ3) is 4.35.